The number of amides is 1. The van der Waals surface area contributed by atoms with Crippen molar-refractivity contribution >= 4 is 29.5 Å². The van der Waals surface area contributed by atoms with E-state index >= 15 is 0 Å². The Morgan fingerprint density at radius 3 is 2.31 bits per heavy atom. The summed E-state index contributed by atoms with van der Waals surface area (Å²) in [4.78, 5) is 23.4. The van der Waals surface area contributed by atoms with Crippen molar-refractivity contribution in [3.05, 3.63) is 12.3 Å². The topological polar surface area (TPSA) is 58.2 Å². The number of rotatable bonds is 14. The molecule has 0 saturated heterocycles. The van der Waals surface area contributed by atoms with E-state index in [0.29, 0.717) is 12.6 Å². The fraction of sp³-hybridized carbons (Fsp3) is 0.800. The Morgan fingerprint density at radius 2 is 1.77 bits per heavy atom. The maximum Gasteiger partial charge on any atom is 0.241 e. The maximum atomic E-state index is 12.5. The minimum Gasteiger partial charge on any atom is -0.378 e. The SMILES string of the molecule is C=C(CCCCCSC(C)=O)N[C@@H](C)C(=O)NC(CC(C)C)B(C)CC. The molecule has 26 heavy (non-hydrogen) atoms. The van der Waals surface area contributed by atoms with E-state index in [-0.39, 0.29) is 23.0 Å². The van der Waals surface area contributed by atoms with Gasteiger partial charge in [-0.05, 0) is 38.5 Å². The molecule has 0 aliphatic heterocycles. The molecule has 150 valence electrons. The first kappa shape index (κ1) is 25.1. The summed E-state index contributed by atoms with van der Waals surface area (Å²) in [6.45, 7) is 16.8. The molecule has 0 heterocycles. The average molecular weight is 382 g/mol. The minimum atomic E-state index is -0.269. The zero-order valence-electron chi connectivity index (χ0n) is 17.7. The zero-order valence-corrected chi connectivity index (χ0v) is 18.5. The van der Waals surface area contributed by atoms with Crippen LogP contribution in [0.1, 0.15) is 66.7 Å². The molecule has 4 nitrogen and oxygen atoms in total. The van der Waals surface area contributed by atoms with Gasteiger partial charge in [-0.25, -0.2) is 0 Å². The quantitative estimate of drug-likeness (QED) is 0.342. The summed E-state index contributed by atoms with van der Waals surface area (Å²) >= 11 is 1.39. The Bertz CT molecular complexity index is 444. The molecule has 1 unspecified atom stereocenters. The molecule has 0 aliphatic carbocycles. The summed E-state index contributed by atoms with van der Waals surface area (Å²) in [5, 5.41) is 6.64. The molecule has 0 aromatic carbocycles. The maximum absolute atomic E-state index is 12.5. The molecular weight excluding hydrogens is 343 g/mol. The molecule has 6 heteroatoms. The molecule has 0 fully saturated rings. The van der Waals surface area contributed by atoms with Crippen molar-refractivity contribution in [3.63, 3.8) is 0 Å². The van der Waals surface area contributed by atoms with Crippen molar-refractivity contribution in [2.45, 2.75) is 91.8 Å². The highest BCUT2D eigenvalue weighted by molar-refractivity contribution is 8.13. The fourth-order valence-corrected chi connectivity index (χ4v) is 3.45. The third-order valence-electron chi connectivity index (χ3n) is 4.63. The molecular formula is C20H39BN2O2S. The predicted molar refractivity (Wildman–Crippen MR) is 117 cm³/mol. The van der Waals surface area contributed by atoms with Gasteiger partial charge in [-0.15, -0.1) is 0 Å². The lowest BCUT2D eigenvalue weighted by molar-refractivity contribution is -0.123. The number of carbonyl (C=O) groups is 2. The van der Waals surface area contributed by atoms with Crippen LogP contribution in [0.2, 0.25) is 13.1 Å². The Labute approximate surface area is 165 Å². The Hall–Kier alpha value is -0.905. The zero-order chi connectivity index (χ0) is 20.1. The van der Waals surface area contributed by atoms with Gasteiger partial charge in [0.05, 0.1) is 0 Å². The van der Waals surface area contributed by atoms with Crippen molar-refractivity contribution in [3.8, 4) is 0 Å². The molecule has 1 amide bonds. The molecule has 2 N–H and O–H groups in total. The van der Waals surface area contributed by atoms with Crippen LogP contribution < -0.4 is 10.6 Å². The van der Waals surface area contributed by atoms with Gasteiger partial charge < -0.3 is 10.6 Å². The first-order valence-electron chi connectivity index (χ1n) is 10.0. The highest BCUT2D eigenvalue weighted by atomic mass is 32.2. The summed E-state index contributed by atoms with van der Waals surface area (Å²) in [5.74, 6) is 1.73. The normalized spacial score (nSPS) is 13.2. The van der Waals surface area contributed by atoms with Crippen LogP contribution in [0.3, 0.4) is 0 Å². The summed E-state index contributed by atoms with van der Waals surface area (Å²) < 4.78 is 0. The second-order valence-corrected chi connectivity index (χ2v) is 9.02. The smallest absolute Gasteiger partial charge is 0.241 e. The van der Waals surface area contributed by atoms with Crippen LogP contribution in [0.5, 0.6) is 0 Å². The van der Waals surface area contributed by atoms with Crippen molar-refractivity contribution < 1.29 is 9.59 Å². The van der Waals surface area contributed by atoms with Crippen LogP contribution >= 0.6 is 11.8 Å². The average Bonchev–Trinajstić information content (AvgIpc) is 2.55. The van der Waals surface area contributed by atoms with Crippen LogP contribution in [0.4, 0.5) is 0 Å². The monoisotopic (exact) mass is 382 g/mol. The van der Waals surface area contributed by atoms with Crippen molar-refractivity contribution in [1.29, 1.82) is 0 Å². The van der Waals surface area contributed by atoms with Gasteiger partial charge in [0.2, 0.25) is 5.91 Å². The molecule has 0 saturated carbocycles. The van der Waals surface area contributed by atoms with E-state index in [1.807, 2.05) is 6.92 Å². The lowest BCUT2D eigenvalue weighted by atomic mass is 9.43. The van der Waals surface area contributed by atoms with Gasteiger partial charge in [0.15, 0.2) is 11.8 Å². The number of hydrogen-bond acceptors (Lipinski definition) is 4. The number of carbonyl (C=O) groups excluding carboxylic acids is 2. The molecule has 0 aliphatic rings. The number of allylic oxidation sites excluding steroid dienone is 1. The number of nitrogens with one attached hydrogen (secondary N) is 2. The van der Waals surface area contributed by atoms with Crippen LogP contribution in [0, 0.1) is 5.92 Å². The second kappa shape index (κ2) is 14.2. The summed E-state index contributed by atoms with van der Waals surface area (Å²) in [6.07, 6.45) is 6.08. The van der Waals surface area contributed by atoms with Gasteiger partial charge in [-0.1, -0.05) is 58.7 Å². The summed E-state index contributed by atoms with van der Waals surface area (Å²) in [7, 11) is 0. The molecule has 0 aromatic rings. The van der Waals surface area contributed by atoms with Gasteiger partial charge >= 0.3 is 0 Å². The number of hydrogen-bond donors (Lipinski definition) is 2. The Balaban J connectivity index is 4.18. The van der Waals surface area contributed by atoms with Gasteiger partial charge in [-0.3, -0.25) is 9.59 Å². The van der Waals surface area contributed by atoms with Gasteiger partial charge in [0.1, 0.15) is 6.04 Å². The molecule has 0 rings (SSSR count). The van der Waals surface area contributed by atoms with Crippen molar-refractivity contribution in [2.24, 2.45) is 5.92 Å². The van der Waals surface area contributed by atoms with E-state index in [1.165, 1.54) is 11.8 Å². The second-order valence-electron chi connectivity index (χ2n) is 7.75. The van der Waals surface area contributed by atoms with Crippen LogP contribution in [-0.4, -0.2) is 35.5 Å². The van der Waals surface area contributed by atoms with E-state index in [1.54, 1.807) is 6.92 Å². The Kier molecular flexibility index (Phi) is 13.7. The molecule has 0 radical (unpaired) electrons. The van der Waals surface area contributed by atoms with Crippen LogP contribution in [-0.2, 0) is 9.59 Å². The van der Waals surface area contributed by atoms with Crippen molar-refractivity contribution in [1.82, 2.24) is 10.6 Å². The third-order valence-corrected chi connectivity index (χ3v) is 5.53. The van der Waals surface area contributed by atoms with Crippen LogP contribution in [0.15, 0.2) is 12.3 Å². The van der Waals surface area contributed by atoms with E-state index in [0.717, 1.165) is 49.9 Å². The lowest BCUT2D eigenvalue weighted by Gasteiger charge is -2.26. The highest BCUT2D eigenvalue weighted by Crippen LogP contribution is 2.12. The largest absolute Gasteiger partial charge is 0.378 e. The molecule has 0 spiro atoms. The predicted octanol–water partition coefficient (Wildman–Crippen LogP) is 4.53. The summed E-state index contributed by atoms with van der Waals surface area (Å²) in [5.41, 5.74) is 0.913. The van der Waals surface area contributed by atoms with Crippen LogP contribution in [0.25, 0.3) is 0 Å². The van der Waals surface area contributed by atoms with Gasteiger partial charge in [0, 0.05) is 24.3 Å². The van der Waals surface area contributed by atoms with E-state index in [2.05, 4.69) is 44.8 Å². The summed E-state index contributed by atoms with van der Waals surface area (Å²) in [6, 6.07) is -0.269. The molecule has 0 bridgehead atoms. The van der Waals surface area contributed by atoms with E-state index < -0.39 is 0 Å². The number of unbranched alkanes of at least 4 members (excludes halogenated alkanes) is 2. The standard InChI is InChI=1S/C20H39BN2O2S/c1-8-21(7)19(14-15(2)3)23-20(25)17(5)22-16(4)12-10-9-11-13-26-18(6)24/h15,17,19,22H,4,8-14H2,1-3,5-7H3,(H,23,25)/t17-,19?/m0/s1. The molecule has 0 aromatic heterocycles. The van der Waals surface area contributed by atoms with Gasteiger partial charge in [0.25, 0.3) is 0 Å². The highest BCUT2D eigenvalue weighted by Gasteiger charge is 2.24. The van der Waals surface area contributed by atoms with E-state index in [4.69, 9.17) is 0 Å². The van der Waals surface area contributed by atoms with Crippen molar-refractivity contribution in [2.75, 3.05) is 5.75 Å². The fourth-order valence-electron chi connectivity index (χ4n) is 2.81. The van der Waals surface area contributed by atoms with E-state index in [9.17, 15) is 9.59 Å². The molecule has 2 atom stereocenters. The van der Waals surface area contributed by atoms with Gasteiger partial charge in [-0.2, -0.15) is 0 Å². The first-order valence-corrected chi connectivity index (χ1v) is 11.0. The number of thioether (sulfide) groups is 1. The minimum absolute atomic E-state index is 0.0509. The first-order chi connectivity index (χ1) is 12.2. The Morgan fingerprint density at radius 1 is 1.12 bits per heavy atom. The third kappa shape index (κ3) is 12.4. The lowest BCUT2D eigenvalue weighted by Crippen LogP contribution is -2.51.